The van der Waals surface area contributed by atoms with Gasteiger partial charge in [0.25, 0.3) is 5.69 Å². The summed E-state index contributed by atoms with van der Waals surface area (Å²) in [5.74, 6) is 0.659. The predicted octanol–water partition coefficient (Wildman–Crippen LogP) is 1.48. The third-order valence-corrected chi connectivity index (χ3v) is 2.99. The summed E-state index contributed by atoms with van der Waals surface area (Å²) in [7, 11) is 1.56. The standard InChI is InChI=1S/C12H16N2O4/c1-17-12-3-2-11(14(15)16)6-9(12)7-13-10-4-5-18-8-10/h2-3,6,10,13H,4-5,7-8H2,1H3. The van der Waals surface area contributed by atoms with E-state index in [4.69, 9.17) is 9.47 Å². The molecular formula is C12H16N2O4. The lowest BCUT2D eigenvalue weighted by Crippen LogP contribution is -2.28. The van der Waals surface area contributed by atoms with Gasteiger partial charge in [-0.05, 0) is 12.5 Å². The molecule has 6 heteroatoms. The normalized spacial score (nSPS) is 18.8. The highest BCUT2D eigenvalue weighted by molar-refractivity contribution is 5.43. The summed E-state index contributed by atoms with van der Waals surface area (Å²) in [5, 5.41) is 14.0. The monoisotopic (exact) mass is 252 g/mol. The molecule has 2 rings (SSSR count). The minimum Gasteiger partial charge on any atom is -0.496 e. The van der Waals surface area contributed by atoms with Gasteiger partial charge in [0.05, 0.1) is 18.6 Å². The van der Waals surface area contributed by atoms with Crippen LogP contribution in [0.15, 0.2) is 18.2 Å². The fraction of sp³-hybridized carbons (Fsp3) is 0.500. The molecule has 1 fully saturated rings. The number of hydrogen-bond acceptors (Lipinski definition) is 5. The number of non-ortho nitro benzene ring substituents is 1. The molecule has 0 amide bonds. The van der Waals surface area contributed by atoms with Crippen LogP contribution in [0.25, 0.3) is 0 Å². The number of ether oxygens (including phenoxy) is 2. The second-order valence-electron chi connectivity index (χ2n) is 4.19. The maximum Gasteiger partial charge on any atom is 0.270 e. The number of methoxy groups -OCH3 is 1. The topological polar surface area (TPSA) is 73.6 Å². The minimum atomic E-state index is -0.401. The highest BCUT2D eigenvalue weighted by Crippen LogP contribution is 2.24. The number of benzene rings is 1. The van der Waals surface area contributed by atoms with Crippen LogP contribution in [0.4, 0.5) is 5.69 Å². The number of rotatable bonds is 5. The number of nitrogens with one attached hydrogen (secondary N) is 1. The summed E-state index contributed by atoms with van der Waals surface area (Å²) in [5.41, 5.74) is 0.869. The Balaban J connectivity index is 2.08. The van der Waals surface area contributed by atoms with Gasteiger partial charge >= 0.3 is 0 Å². The fourth-order valence-electron chi connectivity index (χ4n) is 1.97. The van der Waals surface area contributed by atoms with E-state index in [-0.39, 0.29) is 5.69 Å². The molecule has 0 radical (unpaired) electrons. The predicted molar refractivity (Wildman–Crippen MR) is 65.7 cm³/mol. The zero-order valence-corrected chi connectivity index (χ0v) is 10.2. The van der Waals surface area contributed by atoms with Crippen molar-refractivity contribution in [3.05, 3.63) is 33.9 Å². The average Bonchev–Trinajstić information content (AvgIpc) is 2.89. The van der Waals surface area contributed by atoms with Crippen LogP contribution in [0.5, 0.6) is 5.75 Å². The molecule has 1 unspecified atom stereocenters. The Kier molecular flexibility index (Phi) is 4.11. The molecule has 6 nitrogen and oxygen atoms in total. The highest BCUT2D eigenvalue weighted by Gasteiger charge is 2.16. The molecule has 1 aromatic rings. The first-order valence-electron chi connectivity index (χ1n) is 5.83. The quantitative estimate of drug-likeness (QED) is 0.634. The van der Waals surface area contributed by atoms with Crippen molar-refractivity contribution in [2.24, 2.45) is 0 Å². The van der Waals surface area contributed by atoms with Crippen molar-refractivity contribution in [2.45, 2.75) is 19.0 Å². The molecule has 0 saturated carbocycles. The van der Waals surface area contributed by atoms with Crippen molar-refractivity contribution < 1.29 is 14.4 Å². The fourth-order valence-corrected chi connectivity index (χ4v) is 1.97. The second kappa shape index (κ2) is 5.79. The third-order valence-electron chi connectivity index (χ3n) is 2.99. The van der Waals surface area contributed by atoms with Crippen LogP contribution in [0, 0.1) is 10.1 Å². The molecular weight excluding hydrogens is 236 g/mol. The Morgan fingerprint density at radius 3 is 3.06 bits per heavy atom. The average molecular weight is 252 g/mol. The van der Waals surface area contributed by atoms with Crippen LogP contribution in [-0.4, -0.2) is 31.3 Å². The van der Waals surface area contributed by atoms with E-state index in [2.05, 4.69) is 5.32 Å². The zero-order valence-electron chi connectivity index (χ0n) is 10.2. The lowest BCUT2D eigenvalue weighted by Gasteiger charge is -2.12. The largest absolute Gasteiger partial charge is 0.496 e. The molecule has 1 atom stereocenters. The smallest absolute Gasteiger partial charge is 0.270 e. The van der Waals surface area contributed by atoms with Crippen molar-refractivity contribution >= 4 is 5.69 Å². The van der Waals surface area contributed by atoms with Crippen molar-refractivity contribution in [3.8, 4) is 5.75 Å². The van der Waals surface area contributed by atoms with E-state index in [9.17, 15) is 10.1 Å². The number of nitro benzene ring substituents is 1. The van der Waals surface area contributed by atoms with Gasteiger partial charge in [-0.15, -0.1) is 0 Å². The van der Waals surface area contributed by atoms with Gasteiger partial charge in [-0.1, -0.05) is 0 Å². The first-order chi connectivity index (χ1) is 8.70. The number of hydrogen-bond donors (Lipinski definition) is 1. The van der Waals surface area contributed by atoms with Crippen molar-refractivity contribution in [2.75, 3.05) is 20.3 Å². The highest BCUT2D eigenvalue weighted by atomic mass is 16.6. The van der Waals surface area contributed by atoms with Crippen LogP contribution in [-0.2, 0) is 11.3 Å². The molecule has 98 valence electrons. The number of nitro groups is 1. The Bertz CT molecular complexity index is 430. The molecule has 1 saturated heterocycles. The maximum atomic E-state index is 10.7. The van der Waals surface area contributed by atoms with Crippen LogP contribution in [0.1, 0.15) is 12.0 Å². The van der Waals surface area contributed by atoms with E-state index < -0.39 is 4.92 Å². The molecule has 1 N–H and O–H groups in total. The van der Waals surface area contributed by atoms with E-state index >= 15 is 0 Å². The Labute approximate surface area is 105 Å². The minimum absolute atomic E-state index is 0.0790. The Morgan fingerprint density at radius 1 is 1.61 bits per heavy atom. The molecule has 0 aliphatic carbocycles. The SMILES string of the molecule is COc1ccc([N+](=O)[O-])cc1CNC1CCOC1. The van der Waals surface area contributed by atoms with Gasteiger partial charge in [-0.25, -0.2) is 0 Å². The summed E-state index contributed by atoms with van der Waals surface area (Å²) >= 11 is 0. The van der Waals surface area contributed by atoms with E-state index in [0.29, 0.717) is 24.9 Å². The van der Waals surface area contributed by atoms with Gasteiger partial charge in [0, 0.05) is 36.9 Å². The zero-order chi connectivity index (χ0) is 13.0. The van der Waals surface area contributed by atoms with E-state index in [1.54, 1.807) is 19.2 Å². The first-order valence-corrected chi connectivity index (χ1v) is 5.83. The Morgan fingerprint density at radius 2 is 2.44 bits per heavy atom. The summed E-state index contributed by atoms with van der Waals surface area (Å²) in [4.78, 5) is 10.3. The van der Waals surface area contributed by atoms with Crippen LogP contribution < -0.4 is 10.1 Å². The lowest BCUT2D eigenvalue weighted by atomic mass is 10.1. The van der Waals surface area contributed by atoms with Gasteiger partial charge in [0.1, 0.15) is 5.75 Å². The summed E-state index contributed by atoms with van der Waals surface area (Å²) in [6.07, 6.45) is 0.969. The van der Waals surface area contributed by atoms with Crippen LogP contribution in [0.2, 0.25) is 0 Å². The van der Waals surface area contributed by atoms with Crippen molar-refractivity contribution in [1.82, 2.24) is 5.32 Å². The van der Waals surface area contributed by atoms with E-state index in [1.807, 2.05) is 0 Å². The second-order valence-corrected chi connectivity index (χ2v) is 4.19. The van der Waals surface area contributed by atoms with Gasteiger partial charge in [0.2, 0.25) is 0 Å². The van der Waals surface area contributed by atoms with Gasteiger partial charge < -0.3 is 14.8 Å². The van der Waals surface area contributed by atoms with Gasteiger partial charge in [0.15, 0.2) is 0 Å². The molecule has 0 aromatic heterocycles. The summed E-state index contributed by atoms with van der Waals surface area (Å²) in [6, 6.07) is 4.93. The van der Waals surface area contributed by atoms with Gasteiger partial charge in [-0.2, -0.15) is 0 Å². The van der Waals surface area contributed by atoms with E-state index in [0.717, 1.165) is 18.6 Å². The number of nitrogens with zero attached hydrogens (tertiary/aromatic N) is 1. The molecule has 1 aliphatic rings. The molecule has 1 aliphatic heterocycles. The van der Waals surface area contributed by atoms with Gasteiger partial charge in [-0.3, -0.25) is 10.1 Å². The van der Waals surface area contributed by atoms with Crippen LogP contribution in [0.3, 0.4) is 0 Å². The lowest BCUT2D eigenvalue weighted by molar-refractivity contribution is -0.384. The molecule has 18 heavy (non-hydrogen) atoms. The molecule has 1 heterocycles. The maximum absolute atomic E-state index is 10.7. The van der Waals surface area contributed by atoms with Crippen molar-refractivity contribution in [3.63, 3.8) is 0 Å². The van der Waals surface area contributed by atoms with E-state index in [1.165, 1.54) is 6.07 Å². The van der Waals surface area contributed by atoms with Crippen molar-refractivity contribution in [1.29, 1.82) is 0 Å². The Hall–Kier alpha value is -1.66. The molecule has 0 bridgehead atoms. The summed E-state index contributed by atoms with van der Waals surface area (Å²) in [6.45, 7) is 2.00. The van der Waals surface area contributed by atoms with Crippen LogP contribution >= 0.6 is 0 Å². The molecule has 1 aromatic carbocycles. The third kappa shape index (κ3) is 2.96. The summed E-state index contributed by atoms with van der Waals surface area (Å²) < 4.78 is 10.5. The first kappa shape index (κ1) is 12.8. The molecule has 0 spiro atoms.